The first-order chi connectivity index (χ1) is 9.97. The minimum atomic E-state index is -0.192. The molecule has 8 heteroatoms. The van der Waals surface area contributed by atoms with Gasteiger partial charge in [-0.3, -0.25) is 4.79 Å². The van der Waals surface area contributed by atoms with Gasteiger partial charge in [-0.05, 0) is 24.6 Å². The number of hydrogen-bond donors (Lipinski definition) is 1. The van der Waals surface area contributed by atoms with Crippen LogP contribution in [0, 0.1) is 0 Å². The molecule has 0 aliphatic rings. The second-order valence-electron chi connectivity index (χ2n) is 4.47. The van der Waals surface area contributed by atoms with Gasteiger partial charge in [0.2, 0.25) is 5.91 Å². The third-order valence-corrected chi connectivity index (χ3v) is 4.41. The predicted octanol–water partition coefficient (Wildman–Crippen LogP) is 3.09. The van der Waals surface area contributed by atoms with Gasteiger partial charge in [0.1, 0.15) is 6.33 Å². The maximum absolute atomic E-state index is 12.0. The lowest BCUT2D eigenvalue weighted by molar-refractivity contribution is -0.119. The SMILES string of the molecule is C[C@@H](NC(=O)CSc1nncn1C)c1ccc(Cl)cc1Cl. The zero-order valence-corrected chi connectivity index (χ0v) is 13.8. The Bertz CT molecular complexity index is 647. The van der Waals surface area contributed by atoms with E-state index in [4.69, 9.17) is 23.2 Å². The van der Waals surface area contributed by atoms with E-state index >= 15 is 0 Å². The molecule has 0 bridgehead atoms. The van der Waals surface area contributed by atoms with Crippen LogP contribution in [0.15, 0.2) is 29.7 Å². The van der Waals surface area contributed by atoms with Crippen molar-refractivity contribution in [3.63, 3.8) is 0 Å². The largest absolute Gasteiger partial charge is 0.349 e. The highest BCUT2D eigenvalue weighted by molar-refractivity contribution is 7.99. The highest BCUT2D eigenvalue weighted by Crippen LogP contribution is 2.26. The molecule has 0 unspecified atom stereocenters. The number of rotatable bonds is 5. The van der Waals surface area contributed by atoms with Crippen LogP contribution in [0.1, 0.15) is 18.5 Å². The Morgan fingerprint density at radius 3 is 2.86 bits per heavy atom. The summed E-state index contributed by atoms with van der Waals surface area (Å²) in [5, 5.41) is 12.4. The van der Waals surface area contributed by atoms with E-state index in [-0.39, 0.29) is 17.7 Å². The number of carbonyl (C=O) groups is 1. The van der Waals surface area contributed by atoms with Crippen molar-refractivity contribution < 1.29 is 4.79 Å². The number of amides is 1. The molecule has 0 fully saturated rings. The standard InChI is InChI=1S/C13H14Cl2N4OS/c1-8(10-4-3-9(14)5-11(10)15)17-12(20)6-21-13-18-16-7-19(13)2/h3-5,7-8H,6H2,1-2H3,(H,17,20)/t8-/m1/s1. The summed E-state index contributed by atoms with van der Waals surface area (Å²) in [6.45, 7) is 1.88. The lowest BCUT2D eigenvalue weighted by Gasteiger charge is -2.15. The van der Waals surface area contributed by atoms with Crippen LogP contribution in [0.4, 0.5) is 0 Å². The first kappa shape index (κ1) is 16.1. The number of aryl methyl sites for hydroxylation is 1. The fourth-order valence-corrected chi connectivity index (χ4v) is 3.02. The Labute approximate surface area is 137 Å². The molecule has 1 heterocycles. The highest BCUT2D eigenvalue weighted by atomic mass is 35.5. The summed E-state index contributed by atoms with van der Waals surface area (Å²) in [7, 11) is 1.83. The Kier molecular flexibility index (Phi) is 5.50. The lowest BCUT2D eigenvalue weighted by Crippen LogP contribution is -2.28. The van der Waals surface area contributed by atoms with E-state index < -0.39 is 0 Å². The summed E-state index contributed by atoms with van der Waals surface area (Å²) in [4.78, 5) is 12.0. The molecule has 1 N–H and O–H groups in total. The van der Waals surface area contributed by atoms with Crippen LogP contribution in [-0.2, 0) is 11.8 Å². The minimum absolute atomic E-state index is 0.0958. The molecule has 1 amide bonds. The molecule has 5 nitrogen and oxygen atoms in total. The Morgan fingerprint density at radius 2 is 2.24 bits per heavy atom. The van der Waals surface area contributed by atoms with Crippen LogP contribution < -0.4 is 5.32 Å². The van der Waals surface area contributed by atoms with Crippen LogP contribution in [0.3, 0.4) is 0 Å². The average molecular weight is 345 g/mol. The van der Waals surface area contributed by atoms with E-state index in [2.05, 4.69) is 15.5 Å². The van der Waals surface area contributed by atoms with E-state index in [9.17, 15) is 4.79 Å². The third-order valence-electron chi connectivity index (χ3n) is 2.81. The molecule has 112 valence electrons. The van der Waals surface area contributed by atoms with Gasteiger partial charge in [-0.2, -0.15) is 0 Å². The quantitative estimate of drug-likeness (QED) is 0.846. The molecule has 0 spiro atoms. The summed E-state index contributed by atoms with van der Waals surface area (Å²) in [5.74, 6) is 0.170. The second kappa shape index (κ2) is 7.15. The predicted molar refractivity (Wildman–Crippen MR) is 84.7 cm³/mol. The lowest BCUT2D eigenvalue weighted by atomic mass is 10.1. The molecular weight excluding hydrogens is 331 g/mol. The van der Waals surface area contributed by atoms with Gasteiger partial charge in [0.05, 0.1) is 11.8 Å². The first-order valence-electron chi connectivity index (χ1n) is 6.18. The van der Waals surface area contributed by atoms with E-state index in [1.54, 1.807) is 23.0 Å². The molecule has 1 aromatic carbocycles. The number of hydrogen-bond acceptors (Lipinski definition) is 4. The monoisotopic (exact) mass is 344 g/mol. The van der Waals surface area contributed by atoms with Crippen LogP contribution in [0.5, 0.6) is 0 Å². The van der Waals surface area contributed by atoms with Crippen molar-refractivity contribution in [1.82, 2.24) is 20.1 Å². The molecule has 1 aromatic heterocycles. The Hall–Kier alpha value is -1.24. The molecular formula is C13H14Cl2N4OS. The van der Waals surface area contributed by atoms with Gasteiger partial charge in [-0.1, -0.05) is 41.0 Å². The molecule has 0 saturated heterocycles. The van der Waals surface area contributed by atoms with Gasteiger partial charge in [-0.15, -0.1) is 10.2 Å². The first-order valence-corrected chi connectivity index (χ1v) is 7.92. The number of nitrogens with one attached hydrogen (secondary N) is 1. The maximum atomic E-state index is 12.0. The smallest absolute Gasteiger partial charge is 0.230 e. The summed E-state index contributed by atoms with van der Waals surface area (Å²) < 4.78 is 1.76. The van der Waals surface area contributed by atoms with E-state index in [0.717, 1.165) is 5.56 Å². The van der Waals surface area contributed by atoms with Gasteiger partial charge in [-0.25, -0.2) is 0 Å². The molecule has 0 aliphatic heterocycles. The van der Waals surface area contributed by atoms with E-state index in [0.29, 0.717) is 15.2 Å². The zero-order valence-electron chi connectivity index (χ0n) is 11.5. The van der Waals surface area contributed by atoms with Crippen molar-refractivity contribution >= 4 is 40.9 Å². The summed E-state index contributed by atoms with van der Waals surface area (Å²) in [6.07, 6.45) is 1.59. The zero-order chi connectivity index (χ0) is 15.4. The maximum Gasteiger partial charge on any atom is 0.230 e. The number of benzene rings is 1. The van der Waals surface area contributed by atoms with E-state index in [1.807, 2.05) is 20.0 Å². The molecule has 0 aliphatic carbocycles. The van der Waals surface area contributed by atoms with Gasteiger partial charge in [0.15, 0.2) is 5.16 Å². The van der Waals surface area contributed by atoms with Gasteiger partial charge >= 0.3 is 0 Å². The Balaban J connectivity index is 1.91. The van der Waals surface area contributed by atoms with Crippen LogP contribution in [0.2, 0.25) is 10.0 Å². The molecule has 21 heavy (non-hydrogen) atoms. The fourth-order valence-electron chi connectivity index (χ4n) is 1.75. The number of aromatic nitrogens is 3. The van der Waals surface area contributed by atoms with Gasteiger partial charge < -0.3 is 9.88 Å². The topological polar surface area (TPSA) is 59.8 Å². The minimum Gasteiger partial charge on any atom is -0.349 e. The highest BCUT2D eigenvalue weighted by Gasteiger charge is 2.14. The average Bonchev–Trinajstić information content (AvgIpc) is 2.81. The summed E-state index contributed by atoms with van der Waals surface area (Å²) >= 11 is 13.3. The molecule has 0 radical (unpaired) electrons. The second-order valence-corrected chi connectivity index (χ2v) is 6.25. The van der Waals surface area contributed by atoms with Crippen molar-refractivity contribution in [3.8, 4) is 0 Å². The van der Waals surface area contributed by atoms with Crippen molar-refractivity contribution in [1.29, 1.82) is 0 Å². The van der Waals surface area contributed by atoms with Crippen LogP contribution >= 0.6 is 35.0 Å². The number of thioether (sulfide) groups is 1. The normalized spacial score (nSPS) is 12.2. The van der Waals surface area contributed by atoms with Crippen molar-refractivity contribution in [2.24, 2.45) is 7.05 Å². The van der Waals surface area contributed by atoms with Crippen molar-refractivity contribution in [3.05, 3.63) is 40.1 Å². The van der Waals surface area contributed by atoms with Gasteiger partial charge in [0, 0.05) is 17.1 Å². The summed E-state index contributed by atoms with van der Waals surface area (Å²) in [5.41, 5.74) is 0.832. The van der Waals surface area contributed by atoms with Crippen molar-refractivity contribution in [2.45, 2.75) is 18.1 Å². The summed E-state index contributed by atoms with van der Waals surface area (Å²) in [6, 6.07) is 5.03. The number of carbonyl (C=O) groups excluding carboxylic acids is 1. The van der Waals surface area contributed by atoms with Gasteiger partial charge in [0.25, 0.3) is 0 Å². The Morgan fingerprint density at radius 1 is 1.48 bits per heavy atom. The number of halogens is 2. The third kappa shape index (κ3) is 4.36. The van der Waals surface area contributed by atoms with E-state index in [1.165, 1.54) is 11.8 Å². The van der Waals surface area contributed by atoms with Crippen molar-refractivity contribution in [2.75, 3.05) is 5.75 Å². The van der Waals surface area contributed by atoms with Crippen LogP contribution in [0.25, 0.3) is 0 Å². The van der Waals surface area contributed by atoms with Crippen LogP contribution in [-0.4, -0.2) is 26.4 Å². The fraction of sp³-hybridized carbons (Fsp3) is 0.308. The number of nitrogens with zero attached hydrogens (tertiary/aromatic N) is 3. The molecule has 2 aromatic rings. The molecule has 0 saturated carbocycles. The molecule has 1 atom stereocenters. The molecule has 2 rings (SSSR count).